The molecule has 3 heterocycles. The molecule has 1 aromatic heterocycles. The fourth-order valence-corrected chi connectivity index (χ4v) is 4.28. The Kier molecular flexibility index (Phi) is 4.64. The van der Waals surface area contributed by atoms with Gasteiger partial charge in [-0.15, -0.1) is 6.58 Å². The number of fused-ring (bicyclic) bond motifs is 2. The van der Waals surface area contributed by atoms with E-state index in [-0.39, 0.29) is 23.7 Å². The van der Waals surface area contributed by atoms with E-state index in [1.807, 2.05) is 13.1 Å². The van der Waals surface area contributed by atoms with Crippen LogP contribution >= 0.6 is 12.2 Å². The van der Waals surface area contributed by atoms with Gasteiger partial charge in [0.1, 0.15) is 6.04 Å². The summed E-state index contributed by atoms with van der Waals surface area (Å²) in [6, 6.07) is 1.40. The van der Waals surface area contributed by atoms with Crippen LogP contribution in [0.2, 0.25) is 0 Å². The van der Waals surface area contributed by atoms with Crippen molar-refractivity contribution in [3.63, 3.8) is 0 Å². The Morgan fingerprint density at radius 3 is 3.00 bits per heavy atom. The highest BCUT2D eigenvalue weighted by atomic mass is 32.1. The molecule has 2 aliphatic heterocycles. The molecule has 28 heavy (non-hydrogen) atoms. The molecule has 1 unspecified atom stereocenters. The normalized spacial score (nSPS) is 19.9. The monoisotopic (exact) mass is 403 g/mol. The number of quaternary nitrogens is 1. The zero-order chi connectivity index (χ0) is 20.0. The van der Waals surface area contributed by atoms with Crippen LogP contribution in [0.1, 0.15) is 22.7 Å². The van der Waals surface area contributed by atoms with Gasteiger partial charge in [-0.05, 0) is 29.7 Å². The zero-order valence-electron chi connectivity index (χ0n) is 15.7. The van der Waals surface area contributed by atoms with Gasteiger partial charge in [-0.2, -0.15) is 0 Å². The van der Waals surface area contributed by atoms with Gasteiger partial charge >= 0.3 is 0 Å². The minimum absolute atomic E-state index is 0.0880. The van der Waals surface area contributed by atoms with E-state index in [0.29, 0.717) is 17.2 Å². The molecule has 0 aliphatic carbocycles. The average molecular weight is 403 g/mol. The number of nitrogens with zero attached hydrogens (tertiary/aromatic N) is 1. The maximum atomic E-state index is 13.2. The summed E-state index contributed by atoms with van der Waals surface area (Å²) in [6.07, 6.45) is 2.34. The molecule has 0 saturated carbocycles. The molecular formula is C19H21N3O5S. The molecule has 2 atom stereocenters. The van der Waals surface area contributed by atoms with E-state index < -0.39 is 17.5 Å². The summed E-state index contributed by atoms with van der Waals surface area (Å²) in [7, 11) is 3.50. The van der Waals surface area contributed by atoms with Crippen molar-refractivity contribution in [2.75, 3.05) is 27.5 Å². The molecule has 0 saturated heterocycles. The summed E-state index contributed by atoms with van der Waals surface area (Å²) >= 11 is 5.17. The van der Waals surface area contributed by atoms with Crippen molar-refractivity contribution >= 4 is 12.2 Å². The number of aromatic nitrogens is 2. The summed E-state index contributed by atoms with van der Waals surface area (Å²) in [4.78, 5) is 16.5. The molecule has 2 aromatic rings. The van der Waals surface area contributed by atoms with Crippen LogP contribution in [-0.4, -0.2) is 37.0 Å². The number of allylic oxidation sites excluding steroid dienone is 1. The van der Waals surface area contributed by atoms with Crippen molar-refractivity contribution in [1.29, 1.82) is 0 Å². The molecule has 9 heteroatoms. The number of nitrogens with one attached hydrogen (secondary N) is 2. The SMILES string of the molecule is C=CCn1c([O-])c([C@H]2c3c(cc4c(c3OC)OCO4)CC[NH+]2C)c(=O)[nH]c1=S. The number of aromatic amines is 1. The Morgan fingerprint density at radius 1 is 1.50 bits per heavy atom. The molecule has 0 radical (unpaired) electrons. The van der Waals surface area contributed by atoms with Gasteiger partial charge in [0.25, 0.3) is 5.56 Å². The van der Waals surface area contributed by atoms with E-state index in [0.717, 1.165) is 29.0 Å². The maximum absolute atomic E-state index is 13.2. The average Bonchev–Trinajstić information content (AvgIpc) is 3.13. The van der Waals surface area contributed by atoms with Gasteiger partial charge in [-0.3, -0.25) is 9.78 Å². The van der Waals surface area contributed by atoms with Crippen molar-refractivity contribution in [3.05, 3.63) is 50.5 Å². The molecule has 8 nitrogen and oxygen atoms in total. The first-order valence-corrected chi connectivity index (χ1v) is 9.35. The van der Waals surface area contributed by atoms with Crippen LogP contribution in [0.15, 0.2) is 23.5 Å². The van der Waals surface area contributed by atoms with Gasteiger partial charge in [0.15, 0.2) is 16.3 Å². The second-order valence-electron chi connectivity index (χ2n) is 6.87. The number of hydrogen-bond donors (Lipinski definition) is 2. The van der Waals surface area contributed by atoms with E-state index >= 15 is 0 Å². The first kappa shape index (κ1) is 18.6. The molecule has 2 N–H and O–H groups in total. The molecule has 0 bridgehead atoms. The number of hydrogen-bond acceptors (Lipinski definition) is 6. The minimum Gasteiger partial charge on any atom is -0.859 e. The van der Waals surface area contributed by atoms with Crippen molar-refractivity contribution < 1.29 is 24.2 Å². The number of methoxy groups -OCH3 is 1. The highest BCUT2D eigenvalue weighted by Crippen LogP contribution is 2.48. The van der Waals surface area contributed by atoms with E-state index in [4.69, 9.17) is 26.4 Å². The fourth-order valence-electron chi connectivity index (χ4n) is 4.03. The van der Waals surface area contributed by atoms with Gasteiger partial charge in [-0.1, -0.05) is 6.08 Å². The van der Waals surface area contributed by atoms with Gasteiger partial charge in [0, 0.05) is 13.0 Å². The lowest BCUT2D eigenvalue weighted by Crippen LogP contribution is -3.10. The van der Waals surface area contributed by atoms with E-state index in [1.165, 1.54) is 4.57 Å². The molecule has 0 amide bonds. The number of benzene rings is 1. The summed E-state index contributed by atoms with van der Waals surface area (Å²) in [5.74, 6) is 1.22. The van der Waals surface area contributed by atoms with Crippen LogP contribution in [0.25, 0.3) is 0 Å². The van der Waals surface area contributed by atoms with E-state index in [9.17, 15) is 9.90 Å². The molecule has 1 aromatic carbocycles. The smallest absolute Gasteiger partial charge is 0.260 e. The molecule has 0 spiro atoms. The largest absolute Gasteiger partial charge is 0.859 e. The van der Waals surface area contributed by atoms with Crippen LogP contribution in [0.3, 0.4) is 0 Å². The van der Waals surface area contributed by atoms with Crippen LogP contribution in [0.5, 0.6) is 23.1 Å². The van der Waals surface area contributed by atoms with Gasteiger partial charge in [-0.25, -0.2) is 0 Å². The van der Waals surface area contributed by atoms with Crippen molar-refractivity contribution in [2.45, 2.75) is 19.0 Å². The highest BCUT2D eigenvalue weighted by Gasteiger charge is 2.39. The Labute approximate surface area is 166 Å². The second-order valence-corrected chi connectivity index (χ2v) is 7.26. The van der Waals surface area contributed by atoms with Crippen molar-refractivity contribution in [1.82, 2.24) is 9.55 Å². The lowest BCUT2D eigenvalue weighted by Gasteiger charge is -2.35. The van der Waals surface area contributed by atoms with Crippen LogP contribution in [0.4, 0.5) is 0 Å². The maximum Gasteiger partial charge on any atom is 0.260 e. The Balaban J connectivity index is 2.01. The number of rotatable bonds is 4. The fraction of sp³-hybridized carbons (Fsp3) is 0.368. The summed E-state index contributed by atoms with van der Waals surface area (Å²) in [6.45, 7) is 4.74. The third kappa shape index (κ3) is 2.70. The predicted molar refractivity (Wildman–Crippen MR) is 102 cm³/mol. The van der Waals surface area contributed by atoms with Gasteiger partial charge in [0.2, 0.25) is 12.5 Å². The first-order chi connectivity index (χ1) is 13.5. The summed E-state index contributed by atoms with van der Waals surface area (Å²) in [5.41, 5.74) is 1.41. The van der Waals surface area contributed by atoms with Gasteiger partial charge in [0.05, 0.1) is 31.8 Å². The second kappa shape index (κ2) is 6.99. The number of ether oxygens (including phenoxy) is 3. The molecule has 2 aliphatic rings. The summed E-state index contributed by atoms with van der Waals surface area (Å²) < 4.78 is 18.2. The van der Waals surface area contributed by atoms with Gasteiger partial charge < -0.3 is 28.8 Å². The number of H-pyrrole nitrogens is 1. The topological polar surface area (TPSA) is 93.0 Å². The van der Waals surface area contributed by atoms with Crippen molar-refractivity contribution in [2.24, 2.45) is 0 Å². The van der Waals surface area contributed by atoms with Crippen LogP contribution in [0, 0.1) is 4.77 Å². The van der Waals surface area contributed by atoms with Crippen molar-refractivity contribution in [3.8, 4) is 23.1 Å². The quantitative estimate of drug-likeness (QED) is 0.554. The van der Waals surface area contributed by atoms with E-state index in [2.05, 4.69) is 11.6 Å². The Hall–Kier alpha value is -2.78. The molecule has 148 valence electrons. The van der Waals surface area contributed by atoms with Crippen LogP contribution in [-0.2, 0) is 13.0 Å². The molecular weight excluding hydrogens is 382 g/mol. The lowest BCUT2D eigenvalue weighted by molar-refractivity contribution is -0.908. The first-order valence-electron chi connectivity index (χ1n) is 8.94. The molecule has 0 fully saturated rings. The zero-order valence-corrected chi connectivity index (χ0v) is 16.5. The number of likely N-dealkylation sites (N-methyl/N-ethyl adjacent to an activating group) is 1. The Morgan fingerprint density at radius 2 is 2.29 bits per heavy atom. The third-order valence-electron chi connectivity index (χ3n) is 5.30. The molecule has 4 rings (SSSR count). The Bertz CT molecular complexity index is 1070. The van der Waals surface area contributed by atoms with Crippen LogP contribution < -0.4 is 29.8 Å². The highest BCUT2D eigenvalue weighted by molar-refractivity contribution is 7.71. The predicted octanol–water partition coefficient (Wildman–Crippen LogP) is 0.0630. The third-order valence-corrected chi connectivity index (χ3v) is 5.63. The van der Waals surface area contributed by atoms with E-state index in [1.54, 1.807) is 13.2 Å². The minimum atomic E-state index is -0.517. The lowest BCUT2D eigenvalue weighted by atomic mass is 9.87. The standard InChI is InChI=1S/C19H21N3O5S/c1-4-6-22-18(24)13(17(23)20-19(22)28)14-12-10(5-7-21(14)2)8-11-15(16(12)25-3)27-9-26-11/h4,8,14,24H,1,5-7,9H2,2-3H3,(H,20,23,28)/t14-/m1/s1. The summed E-state index contributed by atoms with van der Waals surface area (Å²) in [5, 5.41) is 13.2.